The van der Waals surface area contributed by atoms with Gasteiger partial charge in [-0.1, -0.05) is 11.6 Å². The van der Waals surface area contributed by atoms with E-state index in [0.29, 0.717) is 28.2 Å². The van der Waals surface area contributed by atoms with Gasteiger partial charge >= 0.3 is 0 Å². The minimum atomic E-state index is -0.0121. The molecule has 0 radical (unpaired) electrons. The fraction of sp³-hybridized carbons (Fsp3) is 0.500. The molecule has 1 aromatic carbocycles. The van der Waals surface area contributed by atoms with Gasteiger partial charge in [0.25, 0.3) is 5.91 Å². The number of imidazole rings is 1. The van der Waals surface area contributed by atoms with E-state index in [4.69, 9.17) is 11.6 Å². The largest absolute Gasteiger partial charge is 0.335 e. The lowest BCUT2D eigenvalue weighted by Gasteiger charge is -2.18. The van der Waals surface area contributed by atoms with Crippen molar-refractivity contribution in [1.29, 1.82) is 0 Å². The fourth-order valence-corrected chi connectivity index (χ4v) is 4.17. The quantitative estimate of drug-likeness (QED) is 0.876. The van der Waals surface area contributed by atoms with Gasteiger partial charge < -0.3 is 14.8 Å². The molecule has 6 heteroatoms. The molecule has 0 aliphatic carbocycles. The minimum absolute atomic E-state index is 0.0121. The maximum atomic E-state index is 12.7. The van der Waals surface area contributed by atoms with Gasteiger partial charge in [0.15, 0.2) is 5.82 Å². The molecule has 0 bridgehead atoms. The van der Waals surface area contributed by atoms with E-state index in [-0.39, 0.29) is 5.91 Å². The minimum Gasteiger partial charge on any atom is -0.335 e. The van der Waals surface area contributed by atoms with Crippen LogP contribution in [-0.4, -0.2) is 58.9 Å². The summed E-state index contributed by atoms with van der Waals surface area (Å²) in [6.07, 6.45) is 0. The highest BCUT2D eigenvalue weighted by molar-refractivity contribution is 6.35. The maximum Gasteiger partial charge on any atom is 0.289 e. The van der Waals surface area contributed by atoms with Crippen LogP contribution in [0.15, 0.2) is 12.1 Å². The van der Waals surface area contributed by atoms with Gasteiger partial charge in [-0.25, -0.2) is 4.98 Å². The Bertz CT molecular complexity index is 742. The third kappa shape index (κ3) is 2.20. The number of carbonyl (C=O) groups excluding carboxylic acids is 1. The van der Waals surface area contributed by atoms with E-state index in [1.54, 1.807) is 0 Å². The van der Waals surface area contributed by atoms with Crippen LogP contribution in [0.4, 0.5) is 0 Å². The van der Waals surface area contributed by atoms with Crippen molar-refractivity contribution in [3.63, 3.8) is 0 Å². The molecule has 2 aliphatic rings. The molecule has 2 atom stereocenters. The van der Waals surface area contributed by atoms with Crippen LogP contribution in [0.1, 0.15) is 16.2 Å². The molecule has 0 saturated carbocycles. The summed E-state index contributed by atoms with van der Waals surface area (Å²) in [6.45, 7) is 5.81. The molecule has 2 saturated heterocycles. The predicted molar refractivity (Wildman–Crippen MR) is 86.2 cm³/mol. The van der Waals surface area contributed by atoms with Gasteiger partial charge in [-0.3, -0.25) is 4.79 Å². The summed E-state index contributed by atoms with van der Waals surface area (Å²) in [5.74, 6) is 1.59. The zero-order valence-electron chi connectivity index (χ0n) is 12.8. The number of fused-ring (bicyclic) bond motifs is 2. The number of aromatic nitrogens is 2. The fourth-order valence-electron chi connectivity index (χ4n) is 3.86. The van der Waals surface area contributed by atoms with Crippen molar-refractivity contribution >= 4 is 28.5 Å². The Morgan fingerprint density at radius 2 is 1.95 bits per heavy atom. The number of aromatic amines is 1. The summed E-state index contributed by atoms with van der Waals surface area (Å²) < 4.78 is 0. The van der Waals surface area contributed by atoms with Crippen molar-refractivity contribution < 1.29 is 4.79 Å². The van der Waals surface area contributed by atoms with Crippen LogP contribution in [0.25, 0.3) is 11.0 Å². The van der Waals surface area contributed by atoms with E-state index in [0.717, 1.165) is 37.3 Å². The summed E-state index contributed by atoms with van der Waals surface area (Å²) in [5, 5.41) is 0.588. The van der Waals surface area contributed by atoms with E-state index in [9.17, 15) is 4.79 Å². The highest BCUT2D eigenvalue weighted by atomic mass is 35.5. The Morgan fingerprint density at radius 1 is 1.27 bits per heavy atom. The first-order valence-electron chi connectivity index (χ1n) is 7.65. The van der Waals surface area contributed by atoms with Gasteiger partial charge in [0.2, 0.25) is 0 Å². The van der Waals surface area contributed by atoms with Gasteiger partial charge in [-0.2, -0.15) is 0 Å². The van der Waals surface area contributed by atoms with Crippen LogP contribution in [0.2, 0.25) is 5.02 Å². The maximum absolute atomic E-state index is 12.7. The smallest absolute Gasteiger partial charge is 0.289 e. The topological polar surface area (TPSA) is 52.2 Å². The zero-order chi connectivity index (χ0) is 15.4. The molecule has 3 heterocycles. The molecule has 2 aromatic rings. The molecule has 1 aromatic heterocycles. The average molecular weight is 319 g/mol. The van der Waals surface area contributed by atoms with Gasteiger partial charge in [-0.05, 0) is 43.5 Å². The second kappa shape index (κ2) is 4.96. The molecule has 22 heavy (non-hydrogen) atoms. The lowest BCUT2D eigenvalue weighted by atomic mass is 10.0. The van der Waals surface area contributed by atoms with Crippen molar-refractivity contribution in [3.8, 4) is 0 Å². The number of halogens is 1. The summed E-state index contributed by atoms with van der Waals surface area (Å²) in [5.41, 5.74) is 2.56. The third-order valence-electron chi connectivity index (χ3n) is 4.84. The van der Waals surface area contributed by atoms with Crippen LogP contribution in [-0.2, 0) is 0 Å². The first-order chi connectivity index (χ1) is 10.5. The van der Waals surface area contributed by atoms with Gasteiger partial charge in [0.1, 0.15) is 5.52 Å². The van der Waals surface area contributed by atoms with Crippen molar-refractivity contribution in [3.05, 3.63) is 28.5 Å². The van der Waals surface area contributed by atoms with E-state index in [1.165, 1.54) is 0 Å². The SMILES string of the molecule is Cc1cc(Cl)c2nc(C(=O)N3C[C@H]4CN(C)C[C@H]4C3)[nH]c2c1. The van der Waals surface area contributed by atoms with Gasteiger partial charge in [0.05, 0.1) is 10.5 Å². The Labute approximate surface area is 134 Å². The van der Waals surface area contributed by atoms with Crippen molar-refractivity contribution in [1.82, 2.24) is 19.8 Å². The zero-order valence-corrected chi connectivity index (χ0v) is 13.5. The number of aryl methyl sites for hydroxylation is 1. The highest BCUT2D eigenvalue weighted by Gasteiger charge is 2.41. The second-order valence-electron chi connectivity index (χ2n) is 6.68. The molecule has 1 amide bonds. The number of benzene rings is 1. The van der Waals surface area contributed by atoms with E-state index in [1.807, 2.05) is 24.0 Å². The number of likely N-dealkylation sites (tertiary alicyclic amines) is 2. The van der Waals surface area contributed by atoms with Gasteiger partial charge in [-0.15, -0.1) is 0 Å². The van der Waals surface area contributed by atoms with Crippen LogP contribution in [0.5, 0.6) is 0 Å². The van der Waals surface area contributed by atoms with Crippen molar-refractivity contribution in [2.75, 3.05) is 33.2 Å². The number of hydrogen-bond acceptors (Lipinski definition) is 3. The first-order valence-corrected chi connectivity index (χ1v) is 8.03. The Kier molecular flexibility index (Phi) is 3.16. The number of hydrogen-bond donors (Lipinski definition) is 1. The molecular formula is C16H19ClN4O. The van der Waals surface area contributed by atoms with E-state index < -0.39 is 0 Å². The normalized spacial score (nSPS) is 25.1. The first kappa shape index (κ1) is 14.0. The Hall–Kier alpha value is -1.59. The summed E-state index contributed by atoms with van der Waals surface area (Å²) >= 11 is 6.22. The predicted octanol–water partition coefficient (Wildman–Crippen LogP) is 2.16. The lowest BCUT2D eigenvalue weighted by molar-refractivity contribution is 0.0765. The second-order valence-corrected chi connectivity index (χ2v) is 7.09. The number of carbonyl (C=O) groups is 1. The number of nitrogens with one attached hydrogen (secondary N) is 1. The molecule has 2 aliphatic heterocycles. The van der Waals surface area contributed by atoms with E-state index in [2.05, 4.69) is 21.9 Å². The monoisotopic (exact) mass is 318 g/mol. The number of amides is 1. The molecule has 116 valence electrons. The molecular weight excluding hydrogens is 300 g/mol. The number of nitrogens with zero attached hydrogens (tertiary/aromatic N) is 3. The lowest BCUT2D eigenvalue weighted by Crippen LogP contribution is -2.32. The third-order valence-corrected chi connectivity index (χ3v) is 5.13. The summed E-state index contributed by atoms with van der Waals surface area (Å²) in [4.78, 5) is 24.5. The summed E-state index contributed by atoms with van der Waals surface area (Å²) in [7, 11) is 2.15. The van der Waals surface area contributed by atoms with Gasteiger partial charge in [0, 0.05) is 26.2 Å². The van der Waals surface area contributed by atoms with Crippen LogP contribution < -0.4 is 0 Å². The van der Waals surface area contributed by atoms with Crippen molar-refractivity contribution in [2.24, 2.45) is 11.8 Å². The number of rotatable bonds is 1. The average Bonchev–Trinajstić information content (AvgIpc) is 3.09. The van der Waals surface area contributed by atoms with Crippen LogP contribution in [0, 0.1) is 18.8 Å². The Morgan fingerprint density at radius 3 is 2.64 bits per heavy atom. The van der Waals surface area contributed by atoms with Crippen LogP contribution >= 0.6 is 11.6 Å². The molecule has 0 spiro atoms. The highest BCUT2D eigenvalue weighted by Crippen LogP contribution is 2.31. The standard InChI is InChI=1S/C16H19ClN4O/c1-9-3-12(17)14-13(4-9)18-15(19-14)16(22)21-7-10-5-20(2)6-11(10)8-21/h3-4,10-11H,5-8H2,1-2H3,(H,18,19)/t10-,11+. The van der Waals surface area contributed by atoms with Crippen LogP contribution in [0.3, 0.4) is 0 Å². The molecule has 2 fully saturated rings. The van der Waals surface area contributed by atoms with E-state index >= 15 is 0 Å². The summed E-state index contributed by atoms with van der Waals surface area (Å²) in [6, 6.07) is 3.84. The Balaban J connectivity index is 1.60. The van der Waals surface area contributed by atoms with Crippen molar-refractivity contribution in [2.45, 2.75) is 6.92 Å². The molecule has 5 nitrogen and oxygen atoms in total. The molecule has 1 N–H and O–H groups in total. The number of H-pyrrole nitrogens is 1. The molecule has 0 unspecified atom stereocenters. The molecule has 4 rings (SSSR count).